The molecule has 1 unspecified atom stereocenters. The Labute approximate surface area is 113 Å². The summed E-state index contributed by atoms with van der Waals surface area (Å²) >= 11 is 3.48. The van der Waals surface area contributed by atoms with Crippen molar-refractivity contribution in [3.63, 3.8) is 0 Å². The van der Waals surface area contributed by atoms with E-state index < -0.39 is 0 Å². The van der Waals surface area contributed by atoms with Crippen LogP contribution in [-0.2, 0) is 0 Å². The van der Waals surface area contributed by atoms with Gasteiger partial charge in [-0.2, -0.15) is 0 Å². The third-order valence-corrected chi connectivity index (χ3v) is 3.69. The Bertz CT molecular complexity index is 330. The van der Waals surface area contributed by atoms with Gasteiger partial charge in [-0.3, -0.25) is 0 Å². The standard InChI is InChI=1S/C14H22BrNO/c1-3-10-16(4-2)11-9-14(17)12-7-5-6-8-13(12)15/h5-8,14,17H,3-4,9-11H2,1-2H3. The van der Waals surface area contributed by atoms with Gasteiger partial charge >= 0.3 is 0 Å². The summed E-state index contributed by atoms with van der Waals surface area (Å²) in [5.74, 6) is 0. The summed E-state index contributed by atoms with van der Waals surface area (Å²) in [6.07, 6.45) is 1.58. The van der Waals surface area contributed by atoms with Crippen molar-refractivity contribution < 1.29 is 5.11 Å². The van der Waals surface area contributed by atoms with Crippen LogP contribution in [0.5, 0.6) is 0 Å². The molecule has 0 spiro atoms. The predicted octanol–water partition coefficient (Wildman–Crippen LogP) is 3.60. The fraction of sp³-hybridized carbons (Fsp3) is 0.571. The predicted molar refractivity (Wildman–Crippen MR) is 76.1 cm³/mol. The van der Waals surface area contributed by atoms with E-state index in [-0.39, 0.29) is 6.10 Å². The molecule has 0 aliphatic heterocycles. The summed E-state index contributed by atoms with van der Waals surface area (Å²) in [5, 5.41) is 10.2. The molecule has 2 nitrogen and oxygen atoms in total. The van der Waals surface area contributed by atoms with Crippen LogP contribution in [0, 0.1) is 0 Å². The third-order valence-electron chi connectivity index (χ3n) is 2.97. The first kappa shape index (κ1) is 14.7. The molecular formula is C14H22BrNO. The highest BCUT2D eigenvalue weighted by atomic mass is 79.9. The Morgan fingerprint density at radius 1 is 1.24 bits per heavy atom. The van der Waals surface area contributed by atoms with Crippen LogP contribution in [0.15, 0.2) is 28.7 Å². The van der Waals surface area contributed by atoms with E-state index >= 15 is 0 Å². The molecule has 17 heavy (non-hydrogen) atoms. The average Bonchev–Trinajstić information content (AvgIpc) is 2.34. The van der Waals surface area contributed by atoms with Gasteiger partial charge in [0, 0.05) is 11.0 Å². The number of hydrogen-bond donors (Lipinski definition) is 1. The smallest absolute Gasteiger partial charge is 0.0813 e. The van der Waals surface area contributed by atoms with E-state index in [0.29, 0.717) is 0 Å². The quantitative estimate of drug-likeness (QED) is 0.831. The van der Waals surface area contributed by atoms with Crippen LogP contribution in [0.3, 0.4) is 0 Å². The van der Waals surface area contributed by atoms with Gasteiger partial charge in [0.1, 0.15) is 0 Å². The van der Waals surface area contributed by atoms with Gasteiger partial charge < -0.3 is 10.0 Å². The number of aliphatic hydroxyl groups excluding tert-OH is 1. The van der Waals surface area contributed by atoms with Crippen LogP contribution in [-0.4, -0.2) is 29.6 Å². The second kappa shape index (κ2) is 7.85. The monoisotopic (exact) mass is 299 g/mol. The molecule has 0 aromatic heterocycles. The van der Waals surface area contributed by atoms with Gasteiger partial charge in [-0.05, 0) is 37.6 Å². The number of benzene rings is 1. The first-order valence-corrected chi connectivity index (χ1v) is 7.13. The van der Waals surface area contributed by atoms with Crippen LogP contribution in [0.2, 0.25) is 0 Å². The highest BCUT2D eigenvalue weighted by Gasteiger charge is 2.12. The largest absolute Gasteiger partial charge is 0.388 e. The number of rotatable bonds is 7. The first-order chi connectivity index (χ1) is 8.19. The number of halogens is 1. The lowest BCUT2D eigenvalue weighted by Gasteiger charge is -2.21. The minimum absolute atomic E-state index is 0.378. The van der Waals surface area contributed by atoms with E-state index in [2.05, 4.69) is 34.7 Å². The van der Waals surface area contributed by atoms with Gasteiger partial charge in [-0.25, -0.2) is 0 Å². The molecule has 0 bridgehead atoms. The zero-order chi connectivity index (χ0) is 12.7. The van der Waals surface area contributed by atoms with Crippen molar-refractivity contribution in [1.82, 2.24) is 4.90 Å². The fourth-order valence-electron chi connectivity index (χ4n) is 1.95. The van der Waals surface area contributed by atoms with Crippen molar-refractivity contribution in [3.05, 3.63) is 34.3 Å². The van der Waals surface area contributed by atoms with Gasteiger partial charge in [-0.15, -0.1) is 0 Å². The lowest BCUT2D eigenvalue weighted by atomic mass is 10.1. The lowest BCUT2D eigenvalue weighted by Crippen LogP contribution is -2.26. The minimum Gasteiger partial charge on any atom is -0.388 e. The van der Waals surface area contributed by atoms with Crippen LogP contribution in [0.1, 0.15) is 38.4 Å². The lowest BCUT2D eigenvalue weighted by molar-refractivity contribution is 0.143. The molecule has 0 saturated heterocycles. The van der Waals surface area contributed by atoms with Crippen molar-refractivity contribution in [2.24, 2.45) is 0 Å². The van der Waals surface area contributed by atoms with Crippen molar-refractivity contribution >= 4 is 15.9 Å². The van der Waals surface area contributed by atoms with E-state index in [1.54, 1.807) is 0 Å². The van der Waals surface area contributed by atoms with E-state index in [9.17, 15) is 5.11 Å². The zero-order valence-corrected chi connectivity index (χ0v) is 12.3. The number of hydrogen-bond acceptors (Lipinski definition) is 2. The normalized spacial score (nSPS) is 13.0. The van der Waals surface area contributed by atoms with Gasteiger partial charge in [0.15, 0.2) is 0 Å². The van der Waals surface area contributed by atoms with E-state index in [0.717, 1.165) is 36.1 Å². The Morgan fingerprint density at radius 3 is 2.53 bits per heavy atom. The third kappa shape index (κ3) is 4.78. The molecule has 1 rings (SSSR count). The van der Waals surface area contributed by atoms with Crippen LogP contribution in [0.4, 0.5) is 0 Å². The van der Waals surface area contributed by atoms with Crippen molar-refractivity contribution in [2.45, 2.75) is 32.8 Å². The van der Waals surface area contributed by atoms with Gasteiger partial charge in [0.25, 0.3) is 0 Å². The molecular weight excluding hydrogens is 278 g/mol. The summed E-state index contributed by atoms with van der Waals surface area (Å²) in [6.45, 7) is 7.47. The summed E-state index contributed by atoms with van der Waals surface area (Å²) in [4.78, 5) is 2.38. The molecule has 1 N–H and O–H groups in total. The van der Waals surface area contributed by atoms with Gasteiger partial charge in [0.2, 0.25) is 0 Å². The molecule has 1 atom stereocenters. The summed E-state index contributed by atoms with van der Waals surface area (Å²) in [7, 11) is 0. The highest BCUT2D eigenvalue weighted by Crippen LogP contribution is 2.25. The Morgan fingerprint density at radius 2 is 1.94 bits per heavy atom. The SMILES string of the molecule is CCCN(CC)CCC(O)c1ccccc1Br. The number of nitrogens with zero attached hydrogens (tertiary/aromatic N) is 1. The van der Waals surface area contributed by atoms with E-state index in [1.165, 1.54) is 6.42 Å². The second-order valence-electron chi connectivity index (χ2n) is 4.26. The van der Waals surface area contributed by atoms with E-state index in [4.69, 9.17) is 0 Å². The summed E-state index contributed by atoms with van der Waals surface area (Å²) in [5.41, 5.74) is 0.986. The molecule has 1 aromatic rings. The maximum atomic E-state index is 10.2. The topological polar surface area (TPSA) is 23.5 Å². The maximum absolute atomic E-state index is 10.2. The molecule has 0 fully saturated rings. The fourth-order valence-corrected chi connectivity index (χ4v) is 2.50. The molecule has 0 heterocycles. The maximum Gasteiger partial charge on any atom is 0.0813 e. The molecule has 1 aromatic carbocycles. The molecule has 0 aliphatic rings. The zero-order valence-electron chi connectivity index (χ0n) is 10.7. The average molecular weight is 300 g/mol. The Balaban J connectivity index is 2.49. The highest BCUT2D eigenvalue weighted by molar-refractivity contribution is 9.10. The van der Waals surface area contributed by atoms with Crippen molar-refractivity contribution in [2.75, 3.05) is 19.6 Å². The van der Waals surface area contributed by atoms with Crippen LogP contribution in [0.25, 0.3) is 0 Å². The van der Waals surface area contributed by atoms with Gasteiger partial charge in [-0.1, -0.05) is 48.0 Å². The summed E-state index contributed by atoms with van der Waals surface area (Å²) < 4.78 is 0.992. The van der Waals surface area contributed by atoms with Crippen LogP contribution >= 0.6 is 15.9 Å². The Hall–Kier alpha value is -0.380. The molecule has 0 aliphatic carbocycles. The summed E-state index contributed by atoms with van der Waals surface area (Å²) in [6, 6.07) is 7.88. The first-order valence-electron chi connectivity index (χ1n) is 6.33. The number of aliphatic hydroxyl groups is 1. The van der Waals surface area contributed by atoms with Crippen molar-refractivity contribution in [1.29, 1.82) is 0 Å². The molecule has 0 amide bonds. The molecule has 3 heteroatoms. The van der Waals surface area contributed by atoms with Crippen LogP contribution < -0.4 is 0 Å². The Kier molecular flexibility index (Phi) is 6.78. The molecule has 96 valence electrons. The van der Waals surface area contributed by atoms with Crippen molar-refractivity contribution in [3.8, 4) is 0 Å². The molecule has 0 saturated carbocycles. The minimum atomic E-state index is -0.378. The van der Waals surface area contributed by atoms with E-state index in [1.807, 2.05) is 24.3 Å². The second-order valence-corrected chi connectivity index (χ2v) is 5.11. The van der Waals surface area contributed by atoms with Gasteiger partial charge in [0.05, 0.1) is 6.10 Å². The molecule has 0 radical (unpaired) electrons.